The van der Waals surface area contributed by atoms with Crippen LogP contribution in [-0.2, 0) is 0 Å². The van der Waals surface area contributed by atoms with Crippen LogP contribution in [0.1, 0.15) is 18.4 Å². The van der Waals surface area contributed by atoms with E-state index in [4.69, 9.17) is 21.6 Å². The van der Waals surface area contributed by atoms with Gasteiger partial charge >= 0.3 is 0 Å². The minimum atomic E-state index is -0.586. The van der Waals surface area contributed by atoms with E-state index in [1.54, 1.807) is 6.92 Å². The van der Waals surface area contributed by atoms with Crippen LogP contribution in [-0.4, -0.2) is 7.11 Å². The van der Waals surface area contributed by atoms with Gasteiger partial charge in [0.05, 0.1) is 24.1 Å². The summed E-state index contributed by atoms with van der Waals surface area (Å²) in [6.07, 6.45) is 0. The molecule has 0 heterocycles. The number of nitrogens with zero attached hydrogens (tertiary/aromatic N) is 1. The molecule has 0 amide bonds. The second-order valence-electron chi connectivity index (χ2n) is 2.83. The van der Waals surface area contributed by atoms with Crippen LogP contribution in [0.4, 0.5) is 4.39 Å². The van der Waals surface area contributed by atoms with E-state index in [1.807, 2.05) is 6.07 Å². The molecule has 0 radical (unpaired) electrons. The van der Waals surface area contributed by atoms with Gasteiger partial charge in [0.2, 0.25) is 0 Å². The Hall–Kier alpha value is -1.27. The third-order valence-corrected chi connectivity index (χ3v) is 2.33. The van der Waals surface area contributed by atoms with E-state index in [0.717, 1.165) is 0 Å². The summed E-state index contributed by atoms with van der Waals surface area (Å²) in [5, 5.41) is 8.85. The van der Waals surface area contributed by atoms with Crippen LogP contribution in [0.3, 0.4) is 0 Å². The summed E-state index contributed by atoms with van der Waals surface area (Å²) in [6.45, 7) is 1.59. The van der Waals surface area contributed by atoms with Gasteiger partial charge in [0, 0.05) is 5.56 Å². The van der Waals surface area contributed by atoms with E-state index in [-0.39, 0.29) is 10.6 Å². The summed E-state index contributed by atoms with van der Waals surface area (Å²) < 4.78 is 18.2. The lowest BCUT2D eigenvalue weighted by Gasteiger charge is -2.10. The molecule has 0 aromatic heterocycles. The van der Waals surface area contributed by atoms with E-state index in [2.05, 4.69) is 0 Å². The fourth-order valence-electron chi connectivity index (χ4n) is 1.17. The highest BCUT2D eigenvalue weighted by Crippen LogP contribution is 2.34. The zero-order valence-electron chi connectivity index (χ0n) is 7.84. The van der Waals surface area contributed by atoms with E-state index < -0.39 is 11.7 Å². The van der Waals surface area contributed by atoms with Gasteiger partial charge in [-0.1, -0.05) is 11.6 Å². The second kappa shape index (κ2) is 4.30. The van der Waals surface area contributed by atoms with E-state index in [0.29, 0.717) is 5.75 Å². The first kappa shape index (κ1) is 10.8. The number of nitriles is 1. The Labute approximate surface area is 86.9 Å². The van der Waals surface area contributed by atoms with E-state index in [1.165, 1.54) is 19.2 Å². The van der Waals surface area contributed by atoms with Crippen LogP contribution in [0.25, 0.3) is 0 Å². The van der Waals surface area contributed by atoms with Gasteiger partial charge in [0.25, 0.3) is 0 Å². The Morgan fingerprint density at radius 2 is 2.21 bits per heavy atom. The third-order valence-electron chi connectivity index (χ3n) is 1.94. The van der Waals surface area contributed by atoms with Crippen molar-refractivity contribution in [3.8, 4) is 11.8 Å². The predicted octanol–water partition coefficient (Wildman–Crippen LogP) is 3.11. The summed E-state index contributed by atoms with van der Waals surface area (Å²) in [7, 11) is 1.44. The molecule has 4 heteroatoms. The van der Waals surface area contributed by atoms with Gasteiger partial charge in [-0.25, -0.2) is 4.39 Å². The Morgan fingerprint density at radius 1 is 1.57 bits per heavy atom. The van der Waals surface area contributed by atoms with Crippen LogP contribution in [0.5, 0.6) is 5.75 Å². The zero-order valence-corrected chi connectivity index (χ0v) is 8.60. The lowest BCUT2D eigenvalue weighted by Crippen LogP contribution is -1.98. The van der Waals surface area contributed by atoms with Crippen molar-refractivity contribution in [2.75, 3.05) is 7.11 Å². The van der Waals surface area contributed by atoms with Crippen LogP contribution in [0.15, 0.2) is 12.1 Å². The van der Waals surface area contributed by atoms with Crippen molar-refractivity contribution in [3.63, 3.8) is 0 Å². The second-order valence-corrected chi connectivity index (χ2v) is 3.21. The molecule has 0 N–H and O–H groups in total. The standard InChI is InChI=1S/C10H9ClFNO/c1-6(5-13)9-7(12)3-4-8(14-2)10(9)11/h3-4,6H,1-2H3. The largest absolute Gasteiger partial charge is 0.495 e. The van der Waals surface area contributed by atoms with Gasteiger partial charge in [0.1, 0.15) is 11.6 Å². The van der Waals surface area contributed by atoms with Crippen molar-refractivity contribution >= 4 is 11.6 Å². The third kappa shape index (κ3) is 1.80. The molecule has 0 aliphatic heterocycles. The van der Waals surface area contributed by atoms with Crippen molar-refractivity contribution in [2.45, 2.75) is 12.8 Å². The maximum absolute atomic E-state index is 13.3. The molecule has 74 valence electrons. The van der Waals surface area contributed by atoms with Gasteiger partial charge in [-0.05, 0) is 19.1 Å². The van der Waals surface area contributed by atoms with Crippen LogP contribution < -0.4 is 4.74 Å². The average Bonchev–Trinajstić information content (AvgIpc) is 2.18. The highest BCUT2D eigenvalue weighted by atomic mass is 35.5. The zero-order chi connectivity index (χ0) is 10.7. The number of ether oxygens (including phenoxy) is 1. The van der Waals surface area contributed by atoms with Crippen LogP contribution in [0.2, 0.25) is 5.02 Å². The molecule has 14 heavy (non-hydrogen) atoms. The van der Waals surface area contributed by atoms with Gasteiger partial charge in [-0.2, -0.15) is 5.26 Å². The molecule has 0 aliphatic carbocycles. The molecule has 1 aromatic rings. The highest BCUT2D eigenvalue weighted by molar-refractivity contribution is 6.33. The molecule has 1 aromatic carbocycles. The van der Waals surface area contributed by atoms with Crippen LogP contribution in [0, 0.1) is 17.1 Å². The quantitative estimate of drug-likeness (QED) is 0.756. The fraction of sp³-hybridized carbons (Fsp3) is 0.300. The summed E-state index contributed by atoms with van der Waals surface area (Å²) in [6, 6.07) is 4.61. The Balaban J connectivity index is 3.34. The number of benzene rings is 1. The summed E-state index contributed by atoms with van der Waals surface area (Å²) in [4.78, 5) is 0. The minimum absolute atomic E-state index is 0.168. The van der Waals surface area contributed by atoms with Gasteiger partial charge < -0.3 is 4.74 Å². The number of halogens is 2. The number of hydrogen-bond donors (Lipinski definition) is 0. The lowest BCUT2D eigenvalue weighted by atomic mass is 10.0. The van der Waals surface area contributed by atoms with Crippen molar-refractivity contribution in [2.24, 2.45) is 0 Å². The Kier molecular flexibility index (Phi) is 3.32. The predicted molar refractivity (Wildman–Crippen MR) is 52.0 cm³/mol. The minimum Gasteiger partial charge on any atom is -0.495 e. The molecule has 0 saturated carbocycles. The molecular formula is C10H9ClFNO. The molecule has 2 nitrogen and oxygen atoms in total. The lowest BCUT2D eigenvalue weighted by molar-refractivity contribution is 0.413. The molecule has 1 unspecified atom stereocenters. The fourth-order valence-corrected chi connectivity index (χ4v) is 1.56. The molecule has 0 aliphatic rings. The SMILES string of the molecule is COc1ccc(F)c(C(C)C#N)c1Cl. The normalized spacial score (nSPS) is 11.9. The Bertz CT molecular complexity index is 386. The molecule has 0 fully saturated rings. The molecule has 0 bridgehead atoms. The number of methoxy groups -OCH3 is 1. The number of hydrogen-bond acceptors (Lipinski definition) is 2. The van der Waals surface area contributed by atoms with Gasteiger partial charge in [-0.3, -0.25) is 0 Å². The maximum Gasteiger partial charge on any atom is 0.137 e. The van der Waals surface area contributed by atoms with Gasteiger partial charge in [0.15, 0.2) is 0 Å². The average molecular weight is 214 g/mol. The van der Waals surface area contributed by atoms with Crippen molar-refractivity contribution in [1.29, 1.82) is 5.26 Å². The number of rotatable bonds is 2. The smallest absolute Gasteiger partial charge is 0.137 e. The van der Waals surface area contributed by atoms with Crippen molar-refractivity contribution in [3.05, 3.63) is 28.5 Å². The first-order valence-corrected chi connectivity index (χ1v) is 4.41. The van der Waals surface area contributed by atoms with E-state index in [9.17, 15) is 4.39 Å². The Morgan fingerprint density at radius 3 is 2.71 bits per heavy atom. The van der Waals surface area contributed by atoms with E-state index >= 15 is 0 Å². The summed E-state index contributed by atoms with van der Waals surface area (Å²) >= 11 is 5.87. The molecule has 1 rings (SSSR count). The topological polar surface area (TPSA) is 33.0 Å². The van der Waals surface area contributed by atoms with Gasteiger partial charge in [-0.15, -0.1) is 0 Å². The van der Waals surface area contributed by atoms with Crippen molar-refractivity contribution < 1.29 is 9.13 Å². The van der Waals surface area contributed by atoms with Crippen LogP contribution >= 0.6 is 11.6 Å². The molecule has 0 spiro atoms. The maximum atomic E-state index is 13.3. The highest BCUT2D eigenvalue weighted by Gasteiger charge is 2.17. The summed E-state index contributed by atoms with van der Waals surface area (Å²) in [5.41, 5.74) is 0.188. The van der Waals surface area contributed by atoms with Crippen molar-refractivity contribution in [1.82, 2.24) is 0 Å². The monoisotopic (exact) mass is 213 g/mol. The molecule has 0 saturated heterocycles. The summed E-state index contributed by atoms with van der Waals surface area (Å²) in [5.74, 6) is -0.687. The first-order chi connectivity index (χ1) is 6.61. The first-order valence-electron chi connectivity index (χ1n) is 4.03. The molecular weight excluding hydrogens is 205 g/mol. The molecule has 1 atom stereocenters.